The van der Waals surface area contributed by atoms with Gasteiger partial charge in [-0.05, 0) is 0 Å². The van der Waals surface area contributed by atoms with Gasteiger partial charge in [0.25, 0.3) is 0 Å². The van der Waals surface area contributed by atoms with Crippen LogP contribution in [-0.2, 0) is 32.0 Å². The second-order valence-electron chi connectivity index (χ2n) is 2.61. The fourth-order valence-electron chi connectivity index (χ4n) is 1.13. The number of nitriles is 4. The van der Waals surface area contributed by atoms with Gasteiger partial charge >= 0.3 is 0 Å². The summed E-state index contributed by atoms with van der Waals surface area (Å²) >= 11 is 0. The molecule has 1 radical (unpaired) electrons. The van der Waals surface area contributed by atoms with E-state index >= 15 is 0 Å². The molecule has 6 nitrogen and oxygen atoms in total. The van der Waals surface area contributed by atoms with Crippen molar-refractivity contribution >= 4 is 11.6 Å². The fraction of sp³-hybridized carbons (Fsp3) is 0.167. The van der Waals surface area contributed by atoms with Crippen molar-refractivity contribution in [2.75, 3.05) is 0 Å². The van der Waals surface area contributed by atoms with Crippen LogP contribution >= 0.6 is 0 Å². The van der Waals surface area contributed by atoms with E-state index in [1.165, 1.54) is 24.3 Å². The quantitative estimate of drug-likeness (QED) is 0.476. The summed E-state index contributed by atoms with van der Waals surface area (Å²) in [5.41, 5.74) is -2.77. The molecule has 0 fully saturated rings. The van der Waals surface area contributed by atoms with Crippen LogP contribution in [0.1, 0.15) is 14.9 Å². The standard InChI is InChI=1S/C10N4O2.2CH4.Ag/c11-1-5-6(2-12)10(16)8(4-14)7(3-13)9(5)15;;;/h;2*1H4;. The van der Waals surface area contributed by atoms with E-state index in [0.717, 1.165) is 0 Å². The van der Waals surface area contributed by atoms with Crippen molar-refractivity contribution in [1.82, 2.24) is 0 Å². The maximum Gasteiger partial charge on any atom is 0.217 e. The molecule has 0 aromatic heterocycles. The first-order valence-electron chi connectivity index (χ1n) is 3.80. The van der Waals surface area contributed by atoms with Crippen molar-refractivity contribution in [2.45, 2.75) is 14.9 Å². The Hall–Kier alpha value is -2.48. The van der Waals surface area contributed by atoms with Crippen LogP contribution in [-0.4, -0.2) is 11.6 Å². The average molecular weight is 348 g/mol. The van der Waals surface area contributed by atoms with E-state index in [9.17, 15) is 9.59 Å². The molecule has 1 aliphatic carbocycles. The van der Waals surface area contributed by atoms with E-state index in [1.807, 2.05) is 0 Å². The van der Waals surface area contributed by atoms with E-state index in [-0.39, 0.29) is 37.2 Å². The first-order valence-corrected chi connectivity index (χ1v) is 3.80. The van der Waals surface area contributed by atoms with Gasteiger partial charge in [0.2, 0.25) is 11.6 Å². The zero-order valence-corrected chi connectivity index (χ0v) is 9.39. The van der Waals surface area contributed by atoms with Crippen LogP contribution in [0.25, 0.3) is 0 Å². The number of nitrogens with zero attached hydrogens (tertiary/aromatic N) is 4. The van der Waals surface area contributed by atoms with Crippen molar-refractivity contribution in [3.63, 3.8) is 0 Å². The SMILES string of the molecule is C.C.N#CC1=C(C#N)C(=O)C(C#N)=C(C#N)C1=O.[Ag]. The van der Waals surface area contributed by atoms with Gasteiger partial charge in [-0.3, -0.25) is 9.59 Å². The number of hydrogen-bond acceptors (Lipinski definition) is 6. The van der Waals surface area contributed by atoms with Gasteiger partial charge in [0.05, 0.1) is 0 Å². The molecule has 0 aromatic carbocycles. The summed E-state index contributed by atoms with van der Waals surface area (Å²) in [6.07, 6.45) is 0. The van der Waals surface area contributed by atoms with Gasteiger partial charge in [0.15, 0.2) is 0 Å². The number of rotatable bonds is 0. The van der Waals surface area contributed by atoms with Crippen molar-refractivity contribution < 1.29 is 32.0 Å². The monoisotopic (exact) mass is 347 g/mol. The van der Waals surface area contributed by atoms with Crippen LogP contribution in [0.5, 0.6) is 0 Å². The summed E-state index contributed by atoms with van der Waals surface area (Å²) in [6.45, 7) is 0. The molecule has 7 heteroatoms. The molecule has 0 N–H and O–H groups in total. The van der Waals surface area contributed by atoms with E-state index in [0.29, 0.717) is 0 Å². The number of carbonyl (C=O) groups is 2. The van der Waals surface area contributed by atoms with E-state index < -0.39 is 33.9 Å². The van der Waals surface area contributed by atoms with Crippen LogP contribution in [0.15, 0.2) is 22.3 Å². The number of ketones is 2. The summed E-state index contributed by atoms with van der Waals surface area (Å²) in [5, 5.41) is 34.4. The van der Waals surface area contributed by atoms with Gasteiger partial charge in [-0.2, -0.15) is 21.0 Å². The molecule has 0 saturated carbocycles. The topological polar surface area (TPSA) is 129 Å². The molecule has 0 aromatic rings. The Bertz CT molecular complexity index is 535. The Morgan fingerprint density at radius 3 is 0.842 bits per heavy atom. The maximum atomic E-state index is 11.5. The second kappa shape index (κ2) is 8.59. The minimum atomic E-state index is -1.06. The van der Waals surface area contributed by atoms with Gasteiger partial charge in [-0.15, -0.1) is 0 Å². The number of carbonyl (C=O) groups excluding carboxylic acids is 2. The molecular weight excluding hydrogens is 340 g/mol. The van der Waals surface area contributed by atoms with E-state index in [1.54, 1.807) is 0 Å². The van der Waals surface area contributed by atoms with Gasteiger partial charge in [0, 0.05) is 22.4 Å². The predicted molar refractivity (Wildman–Crippen MR) is 60.0 cm³/mol. The fourth-order valence-corrected chi connectivity index (χ4v) is 1.13. The summed E-state index contributed by atoms with van der Waals surface area (Å²) in [7, 11) is 0. The molecule has 0 unspecified atom stereocenters. The molecule has 0 saturated heterocycles. The van der Waals surface area contributed by atoms with Crippen LogP contribution < -0.4 is 0 Å². The summed E-state index contributed by atoms with van der Waals surface area (Å²) in [4.78, 5) is 22.9. The molecule has 0 aliphatic heterocycles. The Kier molecular flexibility index (Phi) is 9.84. The molecule has 0 bridgehead atoms. The molecular formula is C12H8AgN4O2. The van der Waals surface area contributed by atoms with Crippen LogP contribution in [0, 0.1) is 45.3 Å². The summed E-state index contributed by atoms with van der Waals surface area (Å²) in [6, 6.07) is 5.54. The Labute approximate surface area is 126 Å². The smallest absolute Gasteiger partial charge is 0.217 e. The van der Waals surface area contributed by atoms with Gasteiger partial charge in [-0.1, -0.05) is 14.9 Å². The minimum Gasteiger partial charge on any atom is -0.287 e. The molecule has 0 atom stereocenters. The molecule has 0 spiro atoms. The van der Waals surface area contributed by atoms with Crippen molar-refractivity contribution in [2.24, 2.45) is 0 Å². The molecule has 1 aliphatic rings. The maximum absolute atomic E-state index is 11.5. The first kappa shape index (κ1) is 21.8. The molecule has 99 valence electrons. The third-order valence-corrected chi connectivity index (χ3v) is 1.86. The largest absolute Gasteiger partial charge is 0.287 e. The van der Waals surface area contributed by atoms with Crippen molar-refractivity contribution in [3.05, 3.63) is 22.3 Å². The van der Waals surface area contributed by atoms with Gasteiger partial charge in [-0.25, -0.2) is 0 Å². The minimum absolute atomic E-state index is 0. The van der Waals surface area contributed by atoms with Gasteiger partial charge < -0.3 is 0 Å². The van der Waals surface area contributed by atoms with Crippen LogP contribution in [0.4, 0.5) is 0 Å². The van der Waals surface area contributed by atoms with Gasteiger partial charge in [0.1, 0.15) is 46.6 Å². The van der Waals surface area contributed by atoms with Crippen LogP contribution in [0.3, 0.4) is 0 Å². The predicted octanol–water partition coefficient (Wildman–Crippen LogP) is 1.10. The van der Waals surface area contributed by atoms with Crippen LogP contribution in [0.2, 0.25) is 0 Å². The normalized spacial score (nSPS) is 12.6. The molecule has 0 heterocycles. The number of allylic oxidation sites excluding steroid dienone is 4. The Balaban J connectivity index is -0.000000853. The third kappa shape index (κ3) is 3.26. The molecule has 1 rings (SSSR count). The Morgan fingerprint density at radius 1 is 0.579 bits per heavy atom. The first-order chi connectivity index (χ1) is 7.62. The van der Waals surface area contributed by atoms with Crippen molar-refractivity contribution in [1.29, 1.82) is 21.0 Å². The van der Waals surface area contributed by atoms with Crippen molar-refractivity contribution in [3.8, 4) is 24.3 Å². The van der Waals surface area contributed by atoms with E-state index in [4.69, 9.17) is 21.0 Å². The molecule has 0 amide bonds. The third-order valence-electron chi connectivity index (χ3n) is 1.86. The summed E-state index contributed by atoms with van der Waals surface area (Å²) < 4.78 is 0. The second-order valence-corrected chi connectivity index (χ2v) is 2.61. The average Bonchev–Trinajstić information content (AvgIpc) is 2.30. The number of Topliss-reactive ketones (excluding diaryl/α,β-unsaturated/α-hetero) is 2. The Morgan fingerprint density at radius 2 is 0.737 bits per heavy atom. The number of hydrogen-bond donors (Lipinski definition) is 0. The van der Waals surface area contributed by atoms with E-state index in [2.05, 4.69) is 0 Å². The molecule has 19 heavy (non-hydrogen) atoms. The zero-order valence-electron chi connectivity index (χ0n) is 7.91. The zero-order chi connectivity index (χ0) is 12.3. The summed E-state index contributed by atoms with van der Waals surface area (Å²) in [5.74, 6) is -2.12.